The molecule has 0 amide bonds. The molecular weight excluding hydrogens is 237 g/mol. The lowest BCUT2D eigenvalue weighted by Gasteiger charge is -2.15. The minimum absolute atomic E-state index is 0.223. The van der Waals surface area contributed by atoms with Gasteiger partial charge < -0.3 is 0 Å². The molecule has 0 aliphatic rings. The van der Waals surface area contributed by atoms with Crippen LogP contribution in [0, 0.1) is 0 Å². The van der Waals surface area contributed by atoms with Crippen LogP contribution in [-0.4, -0.2) is 4.98 Å². The first kappa shape index (κ1) is 7.98. The average Bonchev–Trinajstić information content (AvgIpc) is 1.88. The summed E-state index contributed by atoms with van der Waals surface area (Å²) in [6.07, 6.45) is 3.66. The highest BCUT2D eigenvalue weighted by molar-refractivity contribution is 14.1. The Balaban J connectivity index is 2.97. The van der Waals surface area contributed by atoms with Crippen molar-refractivity contribution in [1.82, 2.24) is 4.98 Å². The maximum atomic E-state index is 3.96. The molecule has 1 rings (SSSR count). The smallest absolute Gasteiger partial charge is 0.0415 e. The van der Waals surface area contributed by atoms with Gasteiger partial charge in [0.15, 0.2) is 0 Å². The van der Waals surface area contributed by atoms with E-state index in [1.165, 1.54) is 5.56 Å². The molecule has 0 spiro atoms. The first-order chi connectivity index (χ1) is 4.61. The maximum absolute atomic E-state index is 3.96. The zero-order chi connectivity index (χ0) is 7.61. The van der Waals surface area contributed by atoms with Crippen molar-refractivity contribution in [2.45, 2.75) is 17.3 Å². The fourth-order valence-corrected chi connectivity index (χ4v) is 1.11. The summed E-state index contributed by atoms with van der Waals surface area (Å²) in [5.74, 6) is 0. The number of rotatable bonds is 1. The van der Waals surface area contributed by atoms with E-state index in [1.54, 1.807) is 0 Å². The van der Waals surface area contributed by atoms with Gasteiger partial charge in [-0.05, 0) is 31.5 Å². The van der Waals surface area contributed by atoms with E-state index in [1.807, 2.05) is 24.5 Å². The second-order valence-electron chi connectivity index (χ2n) is 2.71. The second-order valence-corrected chi connectivity index (χ2v) is 5.41. The molecule has 0 aliphatic carbocycles. The van der Waals surface area contributed by atoms with Crippen molar-refractivity contribution in [1.29, 1.82) is 0 Å². The van der Waals surface area contributed by atoms with Gasteiger partial charge in [-0.15, -0.1) is 0 Å². The van der Waals surface area contributed by atoms with Crippen molar-refractivity contribution in [2.24, 2.45) is 0 Å². The summed E-state index contributed by atoms with van der Waals surface area (Å²) in [6, 6.07) is 4.10. The van der Waals surface area contributed by atoms with Gasteiger partial charge in [0.1, 0.15) is 0 Å². The predicted octanol–water partition coefficient (Wildman–Crippen LogP) is 2.75. The molecule has 1 heterocycles. The lowest BCUT2D eigenvalue weighted by Crippen LogP contribution is -2.05. The number of hydrogen-bond acceptors (Lipinski definition) is 1. The second kappa shape index (κ2) is 2.86. The van der Waals surface area contributed by atoms with Gasteiger partial charge in [0, 0.05) is 15.8 Å². The Morgan fingerprint density at radius 2 is 1.80 bits per heavy atom. The van der Waals surface area contributed by atoms with Crippen LogP contribution in [0.4, 0.5) is 0 Å². The largest absolute Gasteiger partial charge is 0.265 e. The molecule has 54 valence electrons. The third-order valence-corrected chi connectivity index (χ3v) is 1.99. The summed E-state index contributed by atoms with van der Waals surface area (Å²) in [5, 5.41) is 0. The van der Waals surface area contributed by atoms with Crippen LogP contribution in [0.2, 0.25) is 0 Å². The third-order valence-electron chi connectivity index (χ3n) is 1.37. The number of nitrogens with zero attached hydrogens (tertiary/aromatic N) is 1. The van der Waals surface area contributed by atoms with E-state index < -0.39 is 0 Å². The molecule has 0 atom stereocenters. The lowest BCUT2D eigenvalue weighted by molar-refractivity contribution is 0.824. The van der Waals surface area contributed by atoms with Gasteiger partial charge in [-0.1, -0.05) is 22.6 Å². The van der Waals surface area contributed by atoms with Crippen LogP contribution in [0.5, 0.6) is 0 Å². The minimum Gasteiger partial charge on any atom is -0.265 e. The van der Waals surface area contributed by atoms with Crippen molar-refractivity contribution in [2.75, 3.05) is 0 Å². The van der Waals surface area contributed by atoms with E-state index in [0.29, 0.717) is 0 Å². The molecule has 1 aromatic rings. The van der Waals surface area contributed by atoms with Crippen LogP contribution in [-0.2, 0) is 3.42 Å². The molecule has 0 fully saturated rings. The Morgan fingerprint density at radius 3 is 2.10 bits per heavy atom. The van der Waals surface area contributed by atoms with Crippen LogP contribution in [0.15, 0.2) is 24.5 Å². The molecular formula is C8H10IN. The number of halogens is 1. The summed E-state index contributed by atoms with van der Waals surface area (Å²) in [5.41, 5.74) is 1.32. The Kier molecular flexibility index (Phi) is 2.28. The van der Waals surface area contributed by atoms with E-state index in [9.17, 15) is 0 Å². The van der Waals surface area contributed by atoms with Crippen LogP contribution < -0.4 is 0 Å². The average molecular weight is 247 g/mol. The molecule has 0 bridgehead atoms. The van der Waals surface area contributed by atoms with Gasteiger partial charge in [-0.3, -0.25) is 4.98 Å². The number of alkyl halides is 1. The number of pyridine rings is 1. The topological polar surface area (TPSA) is 12.9 Å². The number of aromatic nitrogens is 1. The number of hydrogen-bond donors (Lipinski definition) is 0. The Labute approximate surface area is 75.0 Å². The van der Waals surface area contributed by atoms with Crippen molar-refractivity contribution >= 4 is 22.6 Å². The monoisotopic (exact) mass is 247 g/mol. The summed E-state index contributed by atoms with van der Waals surface area (Å²) in [6.45, 7) is 4.37. The van der Waals surface area contributed by atoms with Gasteiger partial charge in [-0.25, -0.2) is 0 Å². The minimum atomic E-state index is 0.223. The van der Waals surface area contributed by atoms with Gasteiger partial charge >= 0.3 is 0 Å². The molecule has 0 saturated heterocycles. The fourth-order valence-electron chi connectivity index (χ4n) is 0.748. The molecule has 2 heteroatoms. The zero-order valence-corrected chi connectivity index (χ0v) is 8.29. The SMILES string of the molecule is CC(C)(I)c1ccncc1. The van der Waals surface area contributed by atoms with Gasteiger partial charge in [0.25, 0.3) is 0 Å². The molecule has 1 aromatic heterocycles. The van der Waals surface area contributed by atoms with Gasteiger partial charge in [0.05, 0.1) is 0 Å². The maximum Gasteiger partial charge on any atom is 0.0415 e. The molecule has 0 aliphatic heterocycles. The first-order valence-corrected chi connectivity index (χ1v) is 4.28. The highest BCUT2D eigenvalue weighted by atomic mass is 127. The van der Waals surface area contributed by atoms with Crippen LogP contribution >= 0.6 is 22.6 Å². The summed E-state index contributed by atoms with van der Waals surface area (Å²) in [4.78, 5) is 3.96. The molecule has 0 radical (unpaired) electrons. The quantitative estimate of drug-likeness (QED) is 0.549. The Morgan fingerprint density at radius 1 is 1.30 bits per heavy atom. The van der Waals surface area contributed by atoms with Gasteiger partial charge in [0.2, 0.25) is 0 Å². The summed E-state index contributed by atoms with van der Waals surface area (Å²) < 4.78 is 0.223. The Bertz CT molecular complexity index is 200. The Hall–Kier alpha value is -0.120. The van der Waals surface area contributed by atoms with E-state index in [0.717, 1.165) is 0 Å². The van der Waals surface area contributed by atoms with E-state index >= 15 is 0 Å². The summed E-state index contributed by atoms with van der Waals surface area (Å²) >= 11 is 2.41. The van der Waals surface area contributed by atoms with Crippen molar-refractivity contribution in [3.63, 3.8) is 0 Å². The highest BCUT2D eigenvalue weighted by Gasteiger charge is 2.14. The van der Waals surface area contributed by atoms with Crippen molar-refractivity contribution in [3.8, 4) is 0 Å². The molecule has 10 heavy (non-hydrogen) atoms. The van der Waals surface area contributed by atoms with Crippen LogP contribution in [0.3, 0.4) is 0 Å². The van der Waals surface area contributed by atoms with Crippen molar-refractivity contribution in [3.05, 3.63) is 30.1 Å². The van der Waals surface area contributed by atoms with Crippen molar-refractivity contribution < 1.29 is 0 Å². The zero-order valence-electron chi connectivity index (χ0n) is 6.13. The standard InChI is InChI=1S/C8H10IN/c1-8(2,9)7-3-5-10-6-4-7/h3-6H,1-2H3. The van der Waals surface area contributed by atoms with Crippen LogP contribution in [0.25, 0.3) is 0 Å². The van der Waals surface area contributed by atoms with Gasteiger partial charge in [-0.2, -0.15) is 0 Å². The first-order valence-electron chi connectivity index (χ1n) is 3.20. The molecule has 0 aromatic carbocycles. The third kappa shape index (κ3) is 1.94. The normalized spacial score (nSPS) is 11.5. The van der Waals surface area contributed by atoms with E-state index in [-0.39, 0.29) is 3.42 Å². The van der Waals surface area contributed by atoms with E-state index in [2.05, 4.69) is 41.4 Å². The molecule has 0 N–H and O–H groups in total. The molecule has 0 unspecified atom stereocenters. The predicted molar refractivity (Wildman–Crippen MR) is 51.3 cm³/mol. The molecule has 1 nitrogen and oxygen atoms in total. The lowest BCUT2D eigenvalue weighted by atomic mass is 10.1. The fraction of sp³-hybridized carbons (Fsp3) is 0.375. The molecule has 0 saturated carbocycles. The highest BCUT2D eigenvalue weighted by Crippen LogP contribution is 2.29. The van der Waals surface area contributed by atoms with E-state index in [4.69, 9.17) is 0 Å². The van der Waals surface area contributed by atoms with Crippen LogP contribution in [0.1, 0.15) is 19.4 Å². The summed E-state index contributed by atoms with van der Waals surface area (Å²) in [7, 11) is 0.